The maximum atomic E-state index is 9.04. The maximum Gasteiger partial charge on any atom is 0.216 e. The van der Waals surface area contributed by atoms with E-state index in [1.807, 2.05) is 42.9 Å². The van der Waals surface area contributed by atoms with Gasteiger partial charge >= 0.3 is 0 Å². The number of aromatic nitrogens is 1. The zero-order valence-corrected chi connectivity index (χ0v) is 14.1. The molecule has 2 aliphatic rings. The van der Waals surface area contributed by atoms with Crippen molar-refractivity contribution < 1.29 is 17.5 Å². The molecular weight excluding hydrogens is 306 g/mol. The van der Waals surface area contributed by atoms with Crippen LogP contribution in [0.15, 0.2) is 60.8 Å². The number of benzene rings is 2. The first-order valence-electron chi connectivity index (χ1n) is 11.4. The van der Waals surface area contributed by atoms with Crippen LogP contribution >= 0.6 is 0 Å². The standard InChI is InChI=1S/C23H22NO/c1-16-10-11-19-15-23(13-17-7-3-4-8-18(17)14-23)25-22(19)21(16)20-9-5-6-12-24(20)2/h3-12H,13-15H2,1-2H3/q+1/i13D2,14D2,15D2. The Balaban J connectivity index is 1.84. The molecule has 0 amide bonds. The molecule has 0 bridgehead atoms. The van der Waals surface area contributed by atoms with E-state index in [4.69, 9.17) is 13.0 Å². The van der Waals surface area contributed by atoms with Crippen molar-refractivity contribution in [1.29, 1.82) is 0 Å². The van der Waals surface area contributed by atoms with Crippen LogP contribution in [-0.2, 0) is 26.2 Å². The van der Waals surface area contributed by atoms with Crippen molar-refractivity contribution in [2.24, 2.45) is 7.05 Å². The third-order valence-corrected chi connectivity index (χ3v) is 4.79. The highest BCUT2D eigenvalue weighted by atomic mass is 16.5. The number of pyridine rings is 1. The van der Waals surface area contributed by atoms with Crippen LogP contribution in [0.2, 0.25) is 0 Å². The molecule has 0 radical (unpaired) electrons. The number of nitrogens with zero attached hydrogens (tertiary/aromatic N) is 1. The van der Waals surface area contributed by atoms with Crippen molar-refractivity contribution in [3.8, 4) is 17.0 Å². The highest BCUT2D eigenvalue weighted by molar-refractivity contribution is 5.72. The Morgan fingerprint density at radius 3 is 2.32 bits per heavy atom. The maximum absolute atomic E-state index is 9.04. The number of ether oxygens (including phenoxy) is 1. The zero-order valence-electron chi connectivity index (χ0n) is 20.1. The van der Waals surface area contributed by atoms with Gasteiger partial charge in [0.1, 0.15) is 18.4 Å². The highest BCUT2D eigenvalue weighted by Gasteiger charge is 2.45. The van der Waals surface area contributed by atoms with Gasteiger partial charge in [-0.15, -0.1) is 0 Å². The van der Waals surface area contributed by atoms with Crippen molar-refractivity contribution in [2.75, 3.05) is 0 Å². The first-order chi connectivity index (χ1) is 14.5. The van der Waals surface area contributed by atoms with Gasteiger partial charge in [-0.1, -0.05) is 36.4 Å². The predicted molar refractivity (Wildman–Crippen MR) is 98.7 cm³/mol. The Morgan fingerprint density at radius 2 is 1.60 bits per heavy atom. The third-order valence-electron chi connectivity index (χ3n) is 4.79. The Bertz CT molecular complexity index is 1200. The molecule has 2 aromatic carbocycles. The van der Waals surface area contributed by atoms with Crippen LogP contribution < -0.4 is 9.30 Å². The minimum absolute atomic E-state index is 0.125. The molecule has 0 saturated carbocycles. The van der Waals surface area contributed by atoms with E-state index in [0.717, 1.165) is 11.3 Å². The fraction of sp³-hybridized carbons (Fsp3) is 0.261. The second-order valence-electron chi connectivity index (χ2n) is 6.53. The summed E-state index contributed by atoms with van der Waals surface area (Å²) in [4.78, 5) is 0. The van der Waals surface area contributed by atoms with E-state index in [1.165, 1.54) is 12.1 Å². The molecule has 3 aromatic rings. The molecule has 25 heavy (non-hydrogen) atoms. The number of fused-ring (bicyclic) bond motifs is 2. The van der Waals surface area contributed by atoms with Crippen LogP contribution in [0.1, 0.15) is 30.5 Å². The molecule has 1 spiro atoms. The van der Waals surface area contributed by atoms with Gasteiger partial charge in [0.05, 0.1) is 5.56 Å². The van der Waals surface area contributed by atoms with E-state index >= 15 is 0 Å². The molecule has 1 aliphatic carbocycles. The molecule has 0 fully saturated rings. The van der Waals surface area contributed by atoms with Crippen LogP contribution in [0.5, 0.6) is 5.75 Å². The summed E-state index contributed by atoms with van der Waals surface area (Å²) in [5.41, 5.74) is 0.266. The number of hydrogen-bond acceptors (Lipinski definition) is 1. The van der Waals surface area contributed by atoms with Crippen LogP contribution in [-0.4, -0.2) is 5.60 Å². The van der Waals surface area contributed by atoms with Gasteiger partial charge < -0.3 is 4.74 Å². The first-order valence-corrected chi connectivity index (χ1v) is 8.36. The fourth-order valence-electron chi connectivity index (χ4n) is 3.58. The van der Waals surface area contributed by atoms with Gasteiger partial charge in [0, 0.05) is 39.5 Å². The Labute approximate surface area is 157 Å². The first kappa shape index (κ1) is 9.76. The smallest absolute Gasteiger partial charge is 0.216 e. The summed E-state index contributed by atoms with van der Waals surface area (Å²) in [6.07, 6.45) is -5.36. The highest BCUT2D eigenvalue weighted by Crippen LogP contribution is 2.48. The number of rotatable bonds is 1. The summed E-state index contributed by atoms with van der Waals surface area (Å²) in [6, 6.07) is 15.4. The molecule has 0 atom stereocenters. The number of hydrogen-bond donors (Lipinski definition) is 0. The van der Waals surface area contributed by atoms with E-state index in [9.17, 15) is 0 Å². The molecule has 0 N–H and O–H groups in total. The monoisotopic (exact) mass is 334 g/mol. The minimum atomic E-state index is -2.43. The van der Waals surface area contributed by atoms with E-state index in [2.05, 4.69) is 0 Å². The SMILES string of the molecule is [2H]C1([2H])c2ccccc2C([2H])([2H])C12Oc1c(ccc(C)c1-c1cccc[n+]1C)C2([2H])[2H]. The summed E-state index contributed by atoms with van der Waals surface area (Å²) >= 11 is 0. The van der Waals surface area contributed by atoms with Crippen molar-refractivity contribution in [3.63, 3.8) is 0 Å². The molecule has 2 nitrogen and oxygen atoms in total. The second-order valence-corrected chi connectivity index (χ2v) is 6.53. The Morgan fingerprint density at radius 1 is 0.920 bits per heavy atom. The molecular formula is C23H22NO+. The fourth-order valence-corrected chi connectivity index (χ4v) is 3.58. The summed E-state index contributed by atoms with van der Waals surface area (Å²) in [6.45, 7) is 1.89. The third kappa shape index (κ3) is 2.21. The van der Waals surface area contributed by atoms with Crippen molar-refractivity contribution in [2.45, 2.75) is 31.6 Å². The van der Waals surface area contributed by atoms with Gasteiger partial charge in [-0.3, -0.25) is 0 Å². The van der Waals surface area contributed by atoms with E-state index in [1.54, 1.807) is 24.3 Å². The van der Waals surface area contributed by atoms with Crippen molar-refractivity contribution >= 4 is 0 Å². The summed E-state index contributed by atoms with van der Waals surface area (Å²) < 4.78 is 61.9. The van der Waals surface area contributed by atoms with Gasteiger partial charge in [-0.2, -0.15) is 0 Å². The zero-order chi connectivity index (χ0) is 22.4. The molecule has 5 rings (SSSR count). The summed E-state index contributed by atoms with van der Waals surface area (Å²) in [5.74, 6) is 0.201. The second kappa shape index (κ2) is 5.19. The van der Waals surface area contributed by atoms with Crippen molar-refractivity contribution in [3.05, 3.63) is 83.0 Å². The molecule has 1 aliphatic heterocycles. The topological polar surface area (TPSA) is 13.1 Å². The quantitative estimate of drug-likeness (QED) is 0.614. The average Bonchev–Trinajstić information content (AvgIpc) is 3.04. The molecule has 0 unspecified atom stereocenters. The predicted octanol–water partition coefficient (Wildman–Crippen LogP) is 3.96. The molecule has 2 heteroatoms. The summed E-state index contributed by atoms with van der Waals surface area (Å²) in [5, 5.41) is 0. The normalized spacial score (nSPS) is 26.2. The molecule has 124 valence electrons. The van der Waals surface area contributed by atoms with Gasteiger partial charge in [0.25, 0.3) is 0 Å². The van der Waals surface area contributed by atoms with Crippen LogP contribution in [0, 0.1) is 6.92 Å². The van der Waals surface area contributed by atoms with Gasteiger partial charge in [-0.25, -0.2) is 4.57 Å². The van der Waals surface area contributed by atoms with Gasteiger partial charge in [0.2, 0.25) is 5.69 Å². The minimum Gasteiger partial charge on any atom is -0.485 e. The van der Waals surface area contributed by atoms with E-state index in [-0.39, 0.29) is 22.4 Å². The summed E-state index contributed by atoms with van der Waals surface area (Å²) in [7, 11) is 1.87. The lowest BCUT2D eigenvalue weighted by Gasteiger charge is -2.23. The average molecular weight is 334 g/mol. The van der Waals surface area contributed by atoms with E-state index in [0.29, 0.717) is 5.56 Å². The van der Waals surface area contributed by atoms with Gasteiger partial charge in [-0.05, 0) is 35.2 Å². The van der Waals surface area contributed by atoms with Gasteiger partial charge in [0.15, 0.2) is 6.20 Å². The Hall–Kier alpha value is -2.61. The largest absolute Gasteiger partial charge is 0.485 e. The lowest BCUT2D eigenvalue weighted by atomic mass is 9.92. The molecule has 1 aromatic heterocycles. The van der Waals surface area contributed by atoms with Crippen LogP contribution in [0.3, 0.4) is 0 Å². The van der Waals surface area contributed by atoms with Crippen LogP contribution in [0.4, 0.5) is 0 Å². The molecule has 2 heterocycles. The lowest BCUT2D eigenvalue weighted by Crippen LogP contribution is -2.35. The van der Waals surface area contributed by atoms with Crippen LogP contribution in [0.25, 0.3) is 11.3 Å². The van der Waals surface area contributed by atoms with E-state index < -0.39 is 24.7 Å². The lowest BCUT2D eigenvalue weighted by molar-refractivity contribution is -0.660. The Kier molecular flexibility index (Phi) is 2.03. The molecule has 0 saturated heterocycles. The van der Waals surface area contributed by atoms with Crippen molar-refractivity contribution in [1.82, 2.24) is 0 Å². The number of aryl methyl sites for hydroxylation is 2.